The van der Waals surface area contributed by atoms with E-state index in [1.165, 1.54) is 6.26 Å². The van der Waals surface area contributed by atoms with Crippen LogP contribution in [0.15, 0.2) is 47.4 Å². The predicted molar refractivity (Wildman–Crippen MR) is 79.1 cm³/mol. The van der Waals surface area contributed by atoms with Crippen LogP contribution in [-0.4, -0.2) is 24.6 Å². The molecule has 20 heavy (non-hydrogen) atoms. The highest BCUT2D eigenvalue weighted by Gasteiger charge is 2.10. The minimum absolute atomic E-state index is 0.273. The van der Waals surface area contributed by atoms with E-state index in [0.29, 0.717) is 11.5 Å². The molecule has 0 saturated carbocycles. The number of aromatic nitrogens is 2. The number of nitrogens with zero attached hydrogens (tertiary/aromatic N) is 1. The topological polar surface area (TPSA) is 88.8 Å². The van der Waals surface area contributed by atoms with Gasteiger partial charge in [-0.25, -0.2) is 13.4 Å². The van der Waals surface area contributed by atoms with Gasteiger partial charge in [-0.15, -0.1) is 0 Å². The van der Waals surface area contributed by atoms with Crippen LogP contribution in [0.5, 0.6) is 0 Å². The average molecular weight is 287 g/mol. The number of benzene rings is 2. The molecule has 2 aromatic carbocycles. The molecule has 0 aliphatic carbocycles. The summed E-state index contributed by atoms with van der Waals surface area (Å²) in [7, 11) is -3.23. The first-order valence-electron chi connectivity index (χ1n) is 5.99. The molecule has 0 amide bonds. The van der Waals surface area contributed by atoms with E-state index in [9.17, 15) is 8.42 Å². The van der Waals surface area contributed by atoms with Crippen molar-refractivity contribution in [2.45, 2.75) is 4.90 Å². The van der Waals surface area contributed by atoms with E-state index in [2.05, 4.69) is 9.97 Å². The SMILES string of the molecule is CS(=O)(=O)c1cccc(-c2nc3ccc(N)cc3[nH]2)c1. The summed E-state index contributed by atoms with van der Waals surface area (Å²) in [5.41, 5.74) is 8.72. The fourth-order valence-corrected chi connectivity index (χ4v) is 2.70. The summed E-state index contributed by atoms with van der Waals surface area (Å²) >= 11 is 0. The van der Waals surface area contributed by atoms with Crippen molar-refractivity contribution >= 4 is 26.6 Å². The molecule has 0 radical (unpaired) electrons. The Bertz CT molecular complexity index is 898. The number of hydrogen-bond donors (Lipinski definition) is 2. The number of nitrogens with one attached hydrogen (secondary N) is 1. The zero-order valence-corrected chi connectivity index (χ0v) is 11.6. The van der Waals surface area contributed by atoms with Crippen molar-refractivity contribution in [2.24, 2.45) is 0 Å². The van der Waals surface area contributed by atoms with E-state index >= 15 is 0 Å². The molecule has 0 aliphatic heterocycles. The molecule has 3 rings (SSSR count). The zero-order chi connectivity index (χ0) is 14.3. The van der Waals surface area contributed by atoms with Gasteiger partial charge in [0.05, 0.1) is 15.9 Å². The first-order valence-corrected chi connectivity index (χ1v) is 7.88. The van der Waals surface area contributed by atoms with E-state index < -0.39 is 9.84 Å². The summed E-state index contributed by atoms with van der Waals surface area (Å²) < 4.78 is 23.2. The van der Waals surface area contributed by atoms with Crippen molar-refractivity contribution in [1.29, 1.82) is 0 Å². The van der Waals surface area contributed by atoms with Crippen molar-refractivity contribution in [3.63, 3.8) is 0 Å². The van der Waals surface area contributed by atoms with Gasteiger partial charge in [0, 0.05) is 17.5 Å². The van der Waals surface area contributed by atoms with Crippen LogP contribution in [0.1, 0.15) is 0 Å². The van der Waals surface area contributed by atoms with Crippen LogP contribution in [0.25, 0.3) is 22.4 Å². The summed E-state index contributed by atoms with van der Waals surface area (Å²) in [5, 5.41) is 0. The van der Waals surface area contributed by atoms with Gasteiger partial charge in [0.2, 0.25) is 0 Å². The van der Waals surface area contributed by atoms with Gasteiger partial charge in [-0.3, -0.25) is 0 Å². The highest BCUT2D eigenvalue weighted by molar-refractivity contribution is 7.90. The lowest BCUT2D eigenvalue weighted by Crippen LogP contribution is -1.97. The molecule has 0 atom stereocenters. The van der Waals surface area contributed by atoms with Crippen molar-refractivity contribution in [2.75, 3.05) is 12.0 Å². The second-order valence-electron chi connectivity index (χ2n) is 4.66. The number of fused-ring (bicyclic) bond motifs is 1. The first-order chi connectivity index (χ1) is 9.43. The number of H-pyrrole nitrogens is 1. The van der Waals surface area contributed by atoms with Gasteiger partial charge in [0.1, 0.15) is 5.82 Å². The number of rotatable bonds is 2. The summed E-state index contributed by atoms with van der Waals surface area (Å²) in [6.45, 7) is 0. The average Bonchev–Trinajstić information content (AvgIpc) is 2.81. The third kappa shape index (κ3) is 2.25. The fraction of sp³-hybridized carbons (Fsp3) is 0.0714. The van der Waals surface area contributed by atoms with Crippen molar-refractivity contribution in [3.05, 3.63) is 42.5 Å². The molecule has 1 aromatic heterocycles. The molecule has 3 aromatic rings. The molecule has 0 fully saturated rings. The number of aromatic amines is 1. The van der Waals surface area contributed by atoms with E-state index in [-0.39, 0.29) is 4.90 Å². The van der Waals surface area contributed by atoms with Gasteiger partial charge in [-0.2, -0.15) is 0 Å². The number of anilines is 1. The van der Waals surface area contributed by atoms with Gasteiger partial charge < -0.3 is 10.7 Å². The summed E-state index contributed by atoms with van der Waals surface area (Å²) in [6, 6.07) is 12.1. The van der Waals surface area contributed by atoms with Crippen molar-refractivity contribution in [1.82, 2.24) is 9.97 Å². The predicted octanol–water partition coefficient (Wildman–Crippen LogP) is 2.22. The van der Waals surface area contributed by atoms with Gasteiger partial charge in [0.15, 0.2) is 9.84 Å². The highest BCUT2D eigenvalue weighted by atomic mass is 32.2. The molecule has 5 nitrogen and oxygen atoms in total. The lowest BCUT2D eigenvalue weighted by molar-refractivity contribution is 0.602. The second-order valence-corrected chi connectivity index (χ2v) is 6.68. The maximum Gasteiger partial charge on any atom is 0.175 e. The largest absolute Gasteiger partial charge is 0.399 e. The minimum atomic E-state index is -3.23. The normalized spacial score (nSPS) is 11.8. The van der Waals surface area contributed by atoms with Crippen molar-refractivity contribution in [3.8, 4) is 11.4 Å². The molecule has 0 saturated heterocycles. The Balaban J connectivity index is 2.16. The van der Waals surface area contributed by atoms with Crippen molar-refractivity contribution < 1.29 is 8.42 Å². The standard InChI is InChI=1S/C14H13N3O2S/c1-20(18,19)11-4-2-3-9(7-11)14-16-12-6-5-10(15)8-13(12)17-14/h2-8H,15H2,1H3,(H,16,17). The number of nitrogen functional groups attached to an aromatic ring is 1. The molecule has 0 aliphatic rings. The minimum Gasteiger partial charge on any atom is -0.399 e. The van der Waals surface area contributed by atoms with Crippen LogP contribution >= 0.6 is 0 Å². The monoisotopic (exact) mass is 287 g/mol. The first kappa shape index (κ1) is 12.7. The van der Waals surface area contributed by atoms with E-state index in [4.69, 9.17) is 5.73 Å². The summed E-state index contributed by atoms with van der Waals surface area (Å²) in [6.07, 6.45) is 1.19. The van der Waals surface area contributed by atoms with Gasteiger partial charge >= 0.3 is 0 Å². The Morgan fingerprint density at radius 1 is 1.15 bits per heavy atom. The smallest absolute Gasteiger partial charge is 0.175 e. The van der Waals surface area contributed by atoms with Crippen LogP contribution in [0.3, 0.4) is 0 Å². The molecular formula is C14H13N3O2S. The summed E-state index contributed by atoms with van der Waals surface area (Å²) in [4.78, 5) is 7.86. The van der Waals surface area contributed by atoms with E-state index in [1.807, 2.05) is 12.1 Å². The molecule has 102 valence electrons. The molecule has 6 heteroatoms. The Kier molecular flexibility index (Phi) is 2.76. The van der Waals surface area contributed by atoms with Crippen LogP contribution in [0, 0.1) is 0 Å². The maximum absolute atomic E-state index is 11.6. The molecule has 3 N–H and O–H groups in total. The lowest BCUT2D eigenvalue weighted by atomic mass is 10.2. The van der Waals surface area contributed by atoms with Gasteiger partial charge in [-0.1, -0.05) is 12.1 Å². The second kappa shape index (κ2) is 4.35. The third-order valence-corrected chi connectivity index (χ3v) is 4.15. The number of nitrogens with two attached hydrogens (primary N) is 1. The van der Waals surface area contributed by atoms with E-state index in [0.717, 1.165) is 16.6 Å². The zero-order valence-electron chi connectivity index (χ0n) is 10.8. The maximum atomic E-state index is 11.6. The number of sulfone groups is 1. The molecular weight excluding hydrogens is 274 g/mol. The van der Waals surface area contributed by atoms with Crippen LogP contribution in [0.2, 0.25) is 0 Å². The van der Waals surface area contributed by atoms with Crippen LogP contribution in [-0.2, 0) is 9.84 Å². The Hall–Kier alpha value is -2.34. The quantitative estimate of drug-likeness (QED) is 0.707. The Labute approximate surface area is 116 Å². The number of imidazole rings is 1. The fourth-order valence-electron chi connectivity index (χ4n) is 2.04. The molecule has 0 spiro atoms. The lowest BCUT2D eigenvalue weighted by Gasteiger charge is -2.00. The molecule has 0 bridgehead atoms. The Morgan fingerprint density at radius 3 is 2.70 bits per heavy atom. The molecule has 0 unspecified atom stereocenters. The van der Waals surface area contributed by atoms with Gasteiger partial charge in [0.25, 0.3) is 0 Å². The summed E-state index contributed by atoms with van der Waals surface area (Å²) in [5.74, 6) is 0.621. The number of hydrogen-bond acceptors (Lipinski definition) is 4. The van der Waals surface area contributed by atoms with Gasteiger partial charge in [-0.05, 0) is 30.3 Å². The van der Waals surface area contributed by atoms with E-state index in [1.54, 1.807) is 30.3 Å². The highest BCUT2D eigenvalue weighted by Crippen LogP contribution is 2.23. The van der Waals surface area contributed by atoms with Crippen LogP contribution < -0.4 is 5.73 Å². The Morgan fingerprint density at radius 2 is 1.95 bits per heavy atom. The molecule has 1 heterocycles. The third-order valence-electron chi connectivity index (χ3n) is 3.04. The van der Waals surface area contributed by atoms with Crippen LogP contribution in [0.4, 0.5) is 5.69 Å².